The summed E-state index contributed by atoms with van der Waals surface area (Å²) < 4.78 is 4.94. The smallest absolute Gasteiger partial charge is 0.319 e. The summed E-state index contributed by atoms with van der Waals surface area (Å²) in [5, 5.41) is 16.3. The molecular formula is C13H17N3O4. The van der Waals surface area contributed by atoms with Crippen molar-refractivity contribution in [3.63, 3.8) is 0 Å². The molecule has 0 unspecified atom stereocenters. The van der Waals surface area contributed by atoms with Gasteiger partial charge >= 0.3 is 6.03 Å². The number of hydrogen-bond acceptors (Lipinski definition) is 4. The highest BCUT2D eigenvalue weighted by Gasteiger charge is 2.29. The maximum Gasteiger partial charge on any atom is 0.319 e. The minimum atomic E-state index is -0.553. The SMILES string of the molecule is COc1ccc(NC(=O)N[C@H](C)C2CC2)c([N+](=O)[O-])c1. The van der Waals surface area contributed by atoms with Gasteiger partial charge in [-0.05, 0) is 37.8 Å². The lowest BCUT2D eigenvalue weighted by Crippen LogP contribution is -2.37. The zero-order valence-corrected chi connectivity index (χ0v) is 11.4. The molecule has 1 aliphatic carbocycles. The molecule has 2 N–H and O–H groups in total. The van der Waals surface area contributed by atoms with Crippen LogP contribution < -0.4 is 15.4 Å². The first kappa shape index (κ1) is 14.1. The van der Waals surface area contributed by atoms with E-state index in [0.29, 0.717) is 11.7 Å². The predicted molar refractivity (Wildman–Crippen MR) is 74.0 cm³/mol. The Morgan fingerprint density at radius 3 is 2.75 bits per heavy atom. The molecule has 108 valence electrons. The molecule has 7 heteroatoms. The van der Waals surface area contributed by atoms with E-state index in [0.717, 1.165) is 12.8 Å². The zero-order chi connectivity index (χ0) is 14.7. The van der Waals surface area contributed by atoms with Gasteiger partial charge in [0, 0.05) is 6.04 Å². The minimum absolute atomic E-state index is 0.0762. The number of nitrogens with one attached hydrogen (secondary N) is 2. The summed E-state index contributed by atoms with van der Waals surface area (Å²) >= 11 is 0. The fourth-order valence-electron chi connectivity index (χ4n) is 1.97. The number of ether oxygens (including phenoxy) is 1. The van der Waals surface area contributed by atoms with Gasteiger partial charge in [0.2, 0.25) is 0 Å². The Labute approximate surface area is 116 Å². The molecule has 0 heterocycles. The Balaban J connectivity index is 2.07. The van der Waals surface area contributed by atoms with Gasteiger partial charge in [0.15, 0.2) is 0 Å². The summed E-state index contributed by atoms with van der Waals surface area (Å²) in [7, 11) is 1.43. The third kappa shape index (κ3) is 3.37. The van der Waals surface area contributed by atoms with E-state index in [1.54, 1.807) is 6.07 Å². The van der Waals surface area contributed by atoms with Crippen molar-refractivity contribution in [3.8, 4) is 5.75 Å². The van der Waals surface area contributed by atoms with Gasteiger partial charge in [-0.15, -0.1) is 0 Å². The average molecular weight is 279 g/mol. The number of carbonyl (C=O) groups is 1. The fraction of sp³-hybridized carbons (Fsp3) is 0.462. The van der Waals surface area contributed by atoms with Crippen molar-refractivity contribution in [1.29, 1.82) is 0 Å². The van der Waals surface area contributed by atoms with Crippen LogP contribution in [0.25, 0.3) is 0 Å². The van der Waals surface area contributed by atoms with E-state index in [9.17, 15) is 14.9 Å². The molecule has 0 saturated heterocycles. The van der Waals surface area contributed by atoms with Crippen LogP contribution in [0.3, 0.4) is 0 Å². The zero-order valence-electron chi connectivity index (χ0n) is 11.4. The van der Waals surface area contributed by atoms with Crippen LogP contribution in [0.5, 0.6) is 5.75 Å². The normalized spacial score (nSPS) is 15.3. The molecule has 2 rings (SSSR count). The van der Waals surface area contributed by atoms with Crippen LogP contribution in [-0.4, -0.2) is 24.1 Å². The van der Waals surface area contributed by atoms with E-state index in [4.69, 9.17) is 4.74 Å². The summed E-state index contributed by atoms with van der Waals surface area (Å²) in [6.07, 6.45) is 2.23. The number of hydrogen-bond donors (Lipinski definition) is 2. The van der Waals surface area contributed by atoms with Gasteiger partial charge in [-0.25, -0.2) is 4.79 Å². The first-order valence-corrected chi connectivity index (χ1v) is 6.41. The highest BCUT2D eigenvalue weighted by atomic mass is 16.6. The summed E-state index contributed by atoms with van der Waals surface area (Å²) in [6.45, 7) is 1.93. The van der Waals surface area contributed by atoms with Crippen molar-refractivity contribution in [2.45, 2.75) is 25.8 Å². The molecule has 2 amide bonds. The van der Waals surface area contributed by atoms with Crippen LogP contribution in [0.2, 0.25) is 0 Å². The number of carbonyl (C=O) groups excluding carboxylic acids is 1. The van der Waals surface area contributed by atoms with Gasteiger partial charge in [-0.1, -0.05) is 0 Å². The van der Waals surface area contributed by atoms with Crippen LogP contribution in [0.1, 0.15) is 19.8 Å². The van der Waals surface area contributed by atoms with E-state index < -0.39 is 11.0 Å². The Hall–Kier alpha value is -2.31. The van der Waals surface area contributed by atoms with Crippen molar-refractivity contribution >= 4 is 17.4 Å². The lowest BCUT2D eigenvalue weighted by atomic mass is 10.2. The Morgan fingerprint density at radius 2 is 2.20 bits per heavy atom. The van der Waals surface area contributed by atoms with Crippen LogP contribution in [0.15, 0.2) is 18.2 Å². The molecule has 0 aliphatic heterocycles. The molecule has 1 aromatic rings. The van der Waals surface area contributed by atoms with Crippen molar-refractivity contribution in [1.82, 2.24) is 5.32 Å². The van der Waals surface area contributed by atoms with Crippen LogP contribution in [0.4, 0.5) is 16.2 Å². The second-order valence-corrected chi connectivity index (χ2v) is 4.86. The van der Waals surface area contributed by atoms with Gasteiger partial charge in [-0.3, -0.25) is 10.1 Å². The molecule has 0 radical (unpaired) electrons. The summed E-state index contributed by atoms with van der Waals surface area (Å²) in [5.74, 6) is 0.889. The first-order valence-electron chi connectivity index (χ1n) is 6.41. The van der Waals surface area contributed by atoms with Crippen LogP contribution in [-0.2, 0) is 0 Å². The largest absolute Gasteiger partial charge is 0.496 e. The Kier molecular flexibility index (Phi) is 4.07. The fourth-order valence-corrected chi connectivity index (χ4v) is 1.97. The molecule has 1 saturated carbocycles. The van der Waals surface area contributed by atoms with E-state index in [1.807, 2.05) is 6.92 Å². The molecule has 1 aromatic carbocycles. The molecular weight excluding hydrogens is 262 g/mol. The summed E-state index contributed by atoms with van der Waals surface area (Å²) in [6, 6.07) is 3.94. The number of anilines is 1. The van der Waals surface area contributed by atoms with Crippen molar-refractivity contribution in [2.75, 3.05) is 12.4 Å². The second kappa shape index (κ2) is 5.77. The Morgan fingerprint density at radius 1 is 1.50 bits per heavy atom. The number of nitro groups is 1. The molecule has 7 nitrogen and oxygen atoms in total. The monoisotopic (exact) mass is 279 g/mol. The second-order valence-electron chi connectivity index (χ2n) is 4.86. The number of benzene rings is 1. The standard InChI is InChI=1S/C13H17N3O4/c1-8(9-3-4-9)14-13(17)15-11-6-5-10(20-2)7-12(11)16(18)19/h5-9H,3-4H2,1-2H3,(H2,14,15,17)/t8-/m1/s1. The minimum Gasteiger partial charge on any atom is -0.496 e. The maximum absolute atomic E-state index is 11.8. The quantitative estimate of drug-likeness (QED) is 0.639. The molecule has 20 heavy (non-hydrogen) atoms. The van der Waals surface area contributed by atoms with E-state index in [2.05, 4.69) is 10.6 Å². The molecule has 0 bridgehead atoms. The number of urea groups is 1. The highest BCUT2D eigenvalue weighted by Crippen LogP contribution is 2.32. The number of amides is 2. The highest BCUT2D eigenvalue weighted by molar-refractivity contribution is 5.92. The van der Waals surface area contributed by atoms with E-state index >= 15 is 0 Å². The number of nitro benzene ring substituents is 1. The van der Waals surface area contributed by atoms with Crippen molar-refractivity contribution < 1.29 is 14.5 Å². The van der Waals surface area contributed by atoms with Crippen molar-refractivity contribution in [3.05, 3.63) is 28.3 Å². The lowest BCUT2D eigenvalue weighted by Gasteiger charge is -2.14. The Bertz CT molecular complexity index is 528. The number of methoxy groups -OCH3 is 1. The van der Waals surface area contributed by atoms with Gasteiger partial charge < -0.3 is 15.4 Å². The summed E-state index contributed by atoms with van der Waals surface area (Å²) in [4.78, 5) is 22.2. The molecule has 0 spiro atoms. The number of nitrogens with zero attached hydrogens (tertiary/aromatic N) is 1. The predicted octanol–water partition coefficient (Wildman–Crippen LogP) is 2.52. The van der Waals surface area contributed by atoms with E-state index in [1.165, 1.54) is 19.2 Å². The third-order valence-electron chi connectivity index (χ3n) is 3.34. The molecule has 0 aromatic heterocycles. The van der Waals surface area contributed by atoms with Gasteiger partial charge in [0.1, 0.15) is 11.4 Å². The topological polar surface area (TPSA) is 93.5 Å². The van der Waals surface area contributed by atoms with Crippen LogP contribution >= 0.6 is 0 Å². The third-order valence-corrected chi connectivity index (χ3v) is 3.34. The molecule has 1 fully saturated rings. The summed E-state index contributed by atoms with van der Waals surface area (Å²) in [5.41, 5.74) is -0.0464. The maximum atomic E-state index is 11.8. The first-order chi connectivity index (χ1) is 9.51. The van der Waals surface area contributed by atoms with E-state index in [-0.39, 0.29) is 17.4 Å². The van der Waals surface area contributed by atoms with Crippen LogP contribution in [0, 0.1) is 16.0 Å². The van der Waals surface area contributed by atoms with Crippen molar-refractivity contribution in [2.24, 2.45) is 5.92 Å². The van der Waals surface area contributed by atoms with Gasteiger partial charge in [-0.2, -0.15) is 0 Å². The average Bonchev–Trinajstić information content (AvgIpc) is 3.23. The molecule has 1 atom stereocenters. The van der Waals surface area contributed by atoms with Gasteiger partial charge in [0.05, 0.1) is 18.1 Å². The van der Waals surface area contributed by atoms with Gasteiger partial charge in [0.25, 0.3) is 5.69 Å². The number of rotatable bonds is 5. The molecule has 1 aliphatic rings. The lowest BCUT2D eigenvalue weighted by molar-refractivity contribution is -0.384.